The highest BCUT2D eigenvalue weighted by molar-refractivity contribution is 8.44. The van der Waals surface area contributed by atoms with Crippen molar-refractivity contribution in [3.05, 3.63) is 47.7 Å². The number of hydrogen-bond acceptors (Lipinski definition) is 14. The van der Waals surface area contributed by atoms with E-state index in [1.807, 2.05) is 0 Å². The van der Waals surface area contributed by atoms with E-state index in [1.54, 1.807) is 0 Å². The summed E-state index contributed by atoms with van der Waals surface area (Å²) in [5, 5.41) is 0. The molecule has 3 fully saturated rings. The monoisotopic (exact) mass is 676 g/mol. The van der Waals surface area contributed by atoms with E-state index in [1.165, 1.54) is 50.8 Å². The van der Waals surface area contributed by atoms with Crippen LogP contribution >= 0.6 is 38.1 Å². The summed E-state index contributed by atoms with van der Waals surface area (Å²) in [5.74, 6) is 0.305. The molecule has 2 N–H and O–H groups in total. The number of rotatable bonds is 2. The lowest BCUT2D eigenvalue weighted by Crippen LogP contribution is -2.33. The molecule has 4 aromatic heterocycles. The van der Waals surface area contributed by atoms with Crippen LogP contribution in [0.25, 0.3) is 16.9 Å². The van der Waals surface area contributed by atoms with Crippen molar-refractivity contribution in [1.82, 2.24) is 33.5 Å². The molecule has 3 aliphatic heterocycles. The maximum absolute atomic E-state index is 16.0. The van der Waals surface area contributed by atoms with E-state index in [4.69, 9.17) is 33.3 Å². The van der Waals surface area contributed by atoms with E-state index in [2.05, 4.69) is 44.4 Å². The predicted octanol–water partition coefficient (Wildman–Crippen LogP) is 2.33. The van der Waals surface area contributed by atoms with Gasteiger partial charge in [0.2, 0.25) is 5.78 Å². The molecule has 3 saturated heterocycles. The summed E-state index contributed by atoms with van der Waals surface area (Å²) in [5.41, 5.74) is 5.92. The molecule has 0 saturated carbocycles. The quantitative estimate of drug-likeness (QED) is 0.207. The Morgan fingerprint density at radius 2 is 1.74 bits per heavy atom. The zero-order valence-electron chi connectivity index (χ0n) is 21.7. The Morgan fingerprint density at radius 3 is 2.58 bits per heavy atom. The smallest absolute Gasteiger partial charge is 0.382 e. The number of nitrogen functional groups attached to an aromatic ring is 1. The molecule has 0 aliphatic carbocycles. The zero-order valence-corrected chi connectivity index (χ0v) is 25.3. The van der Waals surface area contributed by atoms with Gasteiger partial charge in [0.1, 0.15) is 30.2 Å². The van der Waals surface area contributed by atoms with Gasteiger partial charge in [0.05, 0.1) is 25.6 Å². The van der Waals surface area contributed by atoms with Gasteiger partial charge in [-0.3, -0.25) is 36.4 Å². The van der Waals surface area contributed by atoms with Crippen LogP contribution in [0.2, 0.25) is 0 Å². The summed E-state index contributed by atoms with van der Waals surface area (Å²) in [6.45, 7) is -9.28. The van der Waals surface area contributed by atoms with E-state index >= 15 is 4.39 Å². The van der Waals surface area contributed by atoms with Gasteiger partial charge < -0.3 is 15.2 Å². The molecule has 7 rings (SSSR count). The Balaban J connectivity index is 1.19. The first-order valence-corrected chi connectivity index (χ1v) is 18.1. The van der Waals surface area contributed by atoms with Crippen molar-refractivity contribution >= 4 is 60.9 Å². The third-order valence-electron chi connectivity index (χ3n) is 7.16. The molecule has 9 atom stereocenters. The minimum absolute atomic E-state index is 0.0755. The molecule has 0 aromatic carbocycles. The van der Waals surface area contributed by atoms with Gasteiger partial charge in [-0.1, -0.05) is 24.5 Å². The number of aromatic nitrogens is 7. The highest BCUT2D eigenvalue weighted by Crippen LogP contribution is 2.60. The molecule has 4 aromatic rings. The van der Waals surface area contributed by atoms with Crippen molar-refractivity contribution in [2.75, 3.05) is 18.9 Å². The van der Waals surface area contributed by atoms with Crippen molar-refractivity contribution in [1.29, 1.82) is 0 Å². The standard InChI is InChI=1S/C21H23FN8O9P2S2/c22-14-16-12(37-20(14)30-9-27-15-17(23)25-8-26-18(15)30)7-35-40(32,42)38-11-5-10(6-34-41(33,43)39-16)36-19(11)29-3-1-13(31)28-4-2-24-21(28)29/h1-4,8-12,14,16,19-20H,5-7H2,(H,32,42)(H,33,43)(H2,23,25,26)/t10-,11+,12+,14-,16+,19+,20+,40+,41+/m0/s1. The molecule has 2 bridgehead atoms. The molecule has 0 radical (unpaired) electrons. The highest BCUT2D eigenvalue weighted by atomic mass is 32.7. The summed E-state index contributed by atoms with van der Waals surface area (Å²) in [4.78, 5) is 28.6. The average Bonchev–Trinajstić information content (AvgIpc) is 3.74. The Labute approximate surface area is 251 Å². The van der Waals surface area contributed by atoms with E-state index in [0.29, 0.717) is 0 Å². The molecule has 230 valence electrons. The number of thiol groups is 2. The number of ether oxygens (including phenoxy) is 2. The molecule has 0 amide bonds. The summed E-state index contributed by atoms with van der Waals surface area (Å²) < 4.78 is 81.2. The summed E-state index contributed by atoms with van der Waals surface area (Å²) in [7, 11) is 0. The second-order valence-electron chi connectivity index (χ2n) is 9.88. The van der Waals surface area contributed by atoms with Crippen LogP contribution in [-0.4, -0.2) is 77.3 Å². The molecule has 0 spiro atoms. The molecule has 7 heterocycles. The number of fused-ring (bicyclic) bond motifs is 5. The first-order valence-electron chi connectivity index (χ1n) is 12.7. The van der Waals surface area contributed by atoms with Crippen LogP contribution in [0.3, 0.4) is 0 Å². The third-order valence-corrected chi connectivity index (χ3v) is 10.4. The van der Waals surface area contributed by atoms with Crippen LogP contribution in [0.15, 0.2) is 42.1 Å². The maximum atomic E-state index is 16.0. The Kier molecular flexibility index (Phi) is 7.44. The van der Waals surface area contributed by atoms with E-state index in [0.717, 1.165) is 0 Å². The second kappa shape index (κ2) is 10.9. The lowest BCUT2D eigenvalue weighted by Gasteiger charge is -2.26. The largest absolute Gasteiger partial charge is 0.386 e. The fourth-order valence-corrected chi connectivity index (χ4v) is 8.27. The lowest BCUT2D eigenvalue weighted by atomic mass is 10.1. The van der Waals surface area contributed by atoms with E-state index in [9.17, 15) is 13.9 Å². The molecule has 0 unspecified atom stereocenters. The number of nitrogens with two attached hydrogens (primary N) is 1. The van der Waals surface area contributed by atoms with Crippen LogP contribution in [0.4, 0.5) is 10.2 Å². The Hall–Kier alpha value is -2.38. The van der Waals surface area contributed by atoms with Crippen LogP contribution in [0, 0.1) is 0 Å². The van der Waals surface area contributed by atoms with Crippen molar-refractivity contribution in [2.45, 2.75) is 49.5 Å². The molecule has 43 heavy (non-hydrogen) atoms. The fourth-order valence-electron chi connectivity index (χ4n) is 5.28. The SMILES string of the molecule is Nc1ncnc2c1ncn2[C@@H]1O[C@@H]2CO[P@@](=O)(S)O[C@@H]3C[C@@H](CO[P@@](=O)(S)O[C@H]2[C@@H]1F)O[C@H]3n1ccc(=O)n2ccnc12. The van der Waals surface area contributed by atoms with Crippen LogP contribution in [0.1, 0.15) is 18.9 Å². The molecule has 22 heteroatoms. The predicted molar refractivity (Wildman–Crippen MR) is 151 cm³/mol. The Bertz CT molecular complexity index is 1860. The zero-order chi connectivity index (χ0) is 30.1. The topological polar surface area (TPSA) is 198 Å². The highest BCUT2D eigenvalue weighted by Gasteiger charge is 2.52. The number of alkyl halides is 1. The van der Waals surface area contributed by atoms with Crippen LogP contribution < -0.4 is 11.3 Å². The second-order valence-corrected chi connectivity index (χ2v) is 15.6. The van der Waals surface area contributed by atoms with Gasteiger partial charge in [0.15, 0.2) is 30.1 Å². The molecular weight excluding hydrogens is 653 g/mol. The van der Waals surface area contributed by atoms with E-state index in [-0.39, 0.29) is 41.3 Å². The maximum Gasteiger partial charge on any atom is 0.386 e. The van der Waals surface area contributed by atoms with E-state index < -0.39 is 63.2 Å². The molecule has 3 aliphatic rings. The first kappa shape index (κ1) is 29.3. The van der Waals surface area contributed by atoms with Gasteiger partial charge >= 0.3 is 13.6 Å². The van der Waals surface area contributed by atoms with Gasteiger partial charge in [0, 0.05) is 31.1 Å². The van der Waals surface area contributed by atoms with Crippen molar-refractivity contribution in [3.63, 3.8) is 0 Å². The number of halogens is 1. The van der Waals surface area contributed by atoms with Gasteiger partial charge in [-0.05, 0) is 0 Å². The average molecular weight is 677 g/mol. The van der Waals surface area contributed by atoms with Crippen LogP contribution in [0.5, 0.6) is 0 Å². The van der Waals surface area contributed by atoms with Gasteiger partial charge in [0.25, 0.3) is 5.56 Å². The van der Waals surface area contributed by atoms with Crippen molar-refractivity contribution < 1.29 is 41.1 Å². The van der Waals surface area contributed by atoms with Crippen molar-refractivity contribution in [3.8, 4) is 0 Å². The summed E-state index contributed by atoms with van der Waals surface area (Å²) >= 11 is 8.19. The Morgan fingerprint density at radius 1 is 0.953 bits per heavy atom. The minimum Gasteiger partial charge on any atom is -0.382 e. The first-order chi connectivity index (χ1) is 20.5. The normalized spacial score (nSPS) is 37.1. The van der Waals surface area contributed by atoms with Crippen LogP contribution in [-0.2, 0) is 36.7 Å². The fraction of sp³-hybridized carbons (Fsp3) is 0.476. The number of nitrogens with zero attached hydrogens (tertiary/aromatic N) is 7. The number of hydrogen-bond donors (Lipinski definition) is 3. The van der Waals surface area contributed by atoms with Gasteiger partial charge in [-0.15, -0.1) is 0 Å². The van der Waals surface area contributed by atoms with Crippen molar-refractivity contribution in [2.24, 2.45) is 0 Å². The summed E-state index contributed by atoms with van der Waals surface area (Å²) in [6, 6.07) is 1.30. The number of anilines is 1. The number of imidazole rings is 2. The van der Waals surface area contributed by atoms with Gasteiger partial charge in [-0.25, -0.2) is 33.5 Å². The molecule has 17 nitrogen and oxygen atoms in total. The summed E-state index contributed by atoms with van der Waals surface area (Å²) in [6.07, 6.45) is -2.00. The minimum atomic E-state index is -4.24. The van der Waals surface area contributed by atoms with Gasteiger partial charge in [-0.2, -0.15) is 0 Å². The molecular formula is C21H23FN8O9P2S2. The lowest BCUT2D eigenvalue weighted by molar-refractivity contribution is -0.0564. The third kappa shape index (κ3) is 5.43.